The van der Waals surface area contributed by atoms with E-state index in [4.69, 9.17) is 4.52 Å². The molecule has 0 fully saturated rings. The van der Waals surface area contributed by atoms with Crippen LogP contribution in [0.4, 0.5) is 0 Å². The first-order chi connectivity index (χ1) is 11.3. The summed E-state index contributed by atoms with van der Waals surface area (Å²) in [4.78, 5) is 4.47. The number of aryl methyl sites for hydroxylation is 1. The number of nitrogens with zero attached hydrogens (tertiary/aromatic N) is 5. The van der Waals surface area contributed by atoms with E-state index in [2.05, 4.69) is 42.8 Å². The highest BCUT2D eigenvalue weighted by Gasteiger charge is 2.16. The number of hydrogen-bond acceptors (Lipinski definition) is 5. The molecular formula is C16H20N6O. The fourth-order valence-corrected chi connectivity index (χ4v) is 2.94. The molecule has 1 aliphatic rings. The SMILES string of the molecule is CCCc1cc(Cn2ccnc2-c2cc3n(n2)CCNC3)on1. The topological polar surface area (TPSA) is 73.7 Å². The monoisotopic (exact) mass is 312 g/mol. The van der Waals surface area contributed by atoms with Crippen LogP contribution in [-0.4, -0.2) is 31.0 Å². The zero-order valence-electron chi connectivity index (χ0n) is 13.2. The highest BCUT2D eigenvalue weighted by atomic mass is 16.5. The van der Waals surface area contributed by atoms with Gasteiger partial charge in [-0.05, 0) is 12.5 Å². The number of rotatable bonds is 5. The van der Waals surface area contributed by atoms with Gasteiger partial charge in [-0.3, -0.25) is 4.68 Å². The number of hydrogen-bond donors (Lipinski definition) is 1. The Morgan fingerprint density at radius 1 is 1.35 bits per heavy atom. The molecule has 4 heterocycles. The molecule has 3 aromatic rings. The molecule has 0 unspecified atom stereocenters. The third-order valence-electron chi connectivity index (χ3n) is 4.05. The van der Waals surface area contributed by atoms with E-state index in [9.17, 15) is 0 Å². The second-order valence-electron chi connectivity index (χ2n) is 5.83. The molecule has 120 valence electrons. The summed E-state index contributed by atoms with van der Waals surface area (Å²) in [6, 6.07) is 4.13. The van der Waals surface area contributed by atoms with Gasteiger partial charge in [0.2, 0.25) is 0 Å². The Morgan fingerprint density at radius 3 is 3.17 bits per heavy atom. The Bertz CT molecular complexity index is 776. The van der Waals surface area contributed by atoms with Gasteiger partial charge < -0.3 is 14.4 Å². The number of nitrogens with one attached hydrogen (secondary N) is 1. The second-order valence-corrected chi connectivity index (χ2v) is 5.83. The van der Waals surface area contributed by atoms with Crippen molar-refractivity contribution in [1.29, 1.82) is 0 Å². The van der Waals surface area contributed by atoms with Crippen molar-refractivity contribution in [3.05, 3.63) is 41.7 Å². The van der Waals surface area contributed by atoms with Gasteiger partial charge in [-0.15, -0.1) is 0 Å². The Kier molecular flexibility index (Phi) is 3.70. The minimum atomic E-state index is 0.618. The minimum Gasteiger partial charge on any atom is -0.359 e. The van der Waals surface area contributed by atoms with Crippen molar-refractivity contribution >= 4 is 0 Å². The van der Waals surface area contributed by atoms with Gasteiger partial charge in [0.1, 0.15) is 5.69 Å². The van der Waals surface area contributed by atoms with Crippen molar-refractivity contribution in [3.8, 4) is 11.5 Å². The molecule has 1 N–H and O–H groups in total. The summed E-state index contributed by atoms with van der Waals surface area (Å²) in [5.41, 5.74) is 3.11. The molecule has 4 rings (SSSR count). The standard InChI is InChI=1S/C16H20N6O/c1-2-3-12-8-14(23-20-12)11-21-6-5-18-16(21)15-9-13-10-17-4-7-22(13)19-15/h5-6,8-9,17H,2-4,7,10-11H2,1H3. The summed E-state index contributed by atoms with van der Waals surface area (Å²) in [5.74, 6) is 1.71. The molecule has 7 heteroatoms. The third-order valence-corrected chi connectivity index (χ3v) is 4.05. The predicted molar refractivity (Wildman–Crippen MR) is 84.8 cm³/mol. The van der Waals surface area contributed by atoms with Gasteiger partial charge in [-0.25, -0.2) is 4.98 Å². The summed E-state index contributed by atoms with van der Waals surface area (Å²) in [6.07, 6.45) is 5.76. The van der Waals surface area contributed by atoms with Crippen LogP contribution in [0.2, 0.25) is 0 Å². The minimum absolute atomic E-state index is 0.618. The van der Waals surface area contributed by atoms with Crippen LogP contribution >= 0.6 is 0 Å². The molecule has 0 atom stereocenters. The van der Waals surface area contributed by atoms with E-state index in [1.165, 1.54) is 5.69 Å². The average Bonchev–Trinajstić information content (AvgIpc) is 3.27. The van der Waals surface area contributed by atoms with E-state index in [1.54, 1.807) is 6.20 Å². The van der Waals surface area contributed by atoms with Crippen molar-refractivity contribution < 1.29 is 4.52 Å². The van der Waals surface area contributed by atoms with E-state index >= 15 is 0 Å². The lowest BCUT2D eigenvalue weighted by Gasteiger charge is -2.13. The molecule has 0 spiro atoms. The molecule has 0 bridgehead atoms. The van der Waals surface area contributed by atoms with E-state index in [0.29, 0.717) is 6.54 Å². The van der Waals surface area contributed by atoms with Crippen LogP contribution in [0.15, 0.2) is 29.0 Å². The van der Waals surface area contributed by atoms with E-state index in [-0.39, 0.29) is 0 Å². The summed E-state index contributed by atoms with van der Waals surface area (Å²) in [6.45, 7) is 5.47. The first-order valence-electron chi connectivity index (χ1n) is 8.07. The van der Waals surface area contributed by atoms with Gasteiger partial charge in [0, 0.05) is 31.5 Å². The number of imidazole rings is 1. The van der Waals surface area contributed by atoms with Crippen LogP contribution < -0.4 is 5.32 Å². The molecule has 0 aromatic carbocycles. The first-order valence-corrected chi connectivity index (χ1v) is 8.07. The lowest BCUT2D eigenvalue weighted by Crippen LogP contribution is -2.28. The van der Waals surface area contributed by atoms with Crippen molar-refractivity contribution in [2.24, 2.45) is 0 Å². The van der Waals surface area contributed by atoms with Crippen molar-refractivity contribution in [1.82, 2.24) is 29.8 Å². The van der Waals surface area contributed by atoms with Crippen LogP contribution in [0.1, 0.15) is 30.5 Å². The van der Waals surface area contributed by atoms with Crippen molar-refractivity contribution in [3.63, 3.8) is 0 Å². The average molecular weight is 312 g/mol. The maximum atomic E-state index is 5.43. The maximum absolute atomic E-state index is 5.43. The zero-order valence-corrected chi connectivity index (χ0v) is 13.2. The highest BCUT2D eigenvalue weighted by molar-refractivity contribution is 5.50. The van der Waals surface area contributed by atoms with Crippen molar-refractivity contribution in [2.75, 3.05) is 6.54 Å². The van der Waals surface area contributed by atoms with Crippen molar-refractivity contribution in [2.45, 2.75) is 39.4 Å². The summed E-state index contributed by atoms with van der Waals surface area (Å²) in [5, 5.41) is 12.1. The molecule has 3 aromatic heterocycles. The Hall–Kier alpha value is -2.41. The molecular weight excluding hydrogens is 292 g/mol. The molecule has 23 heavy (non-hydrogen) atoms. The normalized spacial score (nSPS) is 14.1. The van der Waals surface area contributed by atoms with Gasteiger partial charge >= 0.3 is 0 Å². The Morgan fingerprint density at radius 2 is 2.30 bits per heavy atom. The summed E-state index contributed by atoms with van der Waals surface area (Å²) >= 11 is 0. The van der Waals surface area contributed by atoms with Gasteiger partial charge in [-0.2, -0.15) is 5.10 Å². The summed E-state index contributed by atoms with van der Waals surface area (Å²) < 4.78 is 9.54. The highest BCUT2D eigenvalue weighted by Crippen LogP contribution is 2.20. The van der Waals surface area contributed by atoms with E-state index < -0.39 is 0 Å². The van der Waals surface area contributed by atoms with Crippen LogP contribution in [0.3, 0.4) is 0 Å². The number of aromatic nitrogens is 5. The molecule has 0 radical (unpaired) electrons. The van der Waals surface area contributed by atoms with E-state index in [1.807, 2.05) is 12.3 Å². The summed E-state index contributed by atoms with van der Waals surface area (Å²) in [7, 11) is 0. The Balaban J connectivity index is 1.59. The Labute approximate surface area is 134 Å². The molecule has 0 aliphatic carbocycles. The maximum Gasteiger partial charge on any atom is 0.160 e. The molecule has 7 nitrogen and oxygen atoms in total. The first kappa shape index (κ1) is 14.2. The third kappa shape index (κ3) is 2.79. The largest absolute Gasteiger partial charge is 0.359 e. The number of fused-ring (bicyclic) bond motifs is 1. The van der Waals surface area contributed by atoms with Crippen LogP contribution in [-0.2, 0) is 26.1 Å². The molecule has 1 aliphatic heterocycles. The zero-order chi connectivity index (χ0) is 15.6. The smallest absolute Gasteiger partial charge is 0.160 e. The molecule has 0 saturated carbocycles. The lowest BCUT2D eigenvalue weighted by molar-refractivity contribution is 0.371. The second kappa shape index (κ2) is 6.00. The molecule has 0 amide bonds. The van der Waals surface area contributed by atoms with Gasteiger partial charge in [-0.1, -0.05) is 18.5 Å². The van der Waals surface area contributed by atoms with Gasteiger partial charge in [0.25, 0.3) is 0 Å². The van der Waals surface area contributed by atoms with Crippen LogP contribution in [0.5, 0.6) is 0 Å². The van der Waals surface area contributed by atoms with Crippen LogP contribution in [0.25, 0.3) is 11.5 Å². The van der Waals surface area contributed by atoms with Gasteiger partial charge in [0.05, 0.1) is 24.5 Å². The quantitative estimate of drug-likeness (QED) is 0.778. The lowest BCUT2D eigenvalue weighted by atomic mass is 10.2. The predicted octanol–water partition coefficient (Wildman–Crippen LogP) is 1.84. The fourth-order valence-electron chi connectivity index (χ4n) is 2.94. The van der Waals surface area contributed by atoms with Gasteiger partial charge in [0.15, 0.2) is 11.6 Å². The molecule has 0 saturated heterocycles. The van der Waals surface area contributed by atoms with E-state index in [0.717, 1.165) is 55.4 Å². The van der Waals surface area contributed by atoms with Crippen LogP contribution in [0, 0.1) is 0 Å². The fraction of sp³-hybridized carbons (Fsp3) is 0.438.